The molecular weight excluding hydrogens is 332 g/mol. The van der Waals surface area contributed by atoms with Gasteiger partial charge >= 0.3 is 0 Å². The van der Waals surface area contributed by atoms with Gasteiger partial charge in [0.15, 0.2) is 11.5 Å². The van der Waals surface area contributed by atoms with Gasteiger partial charge in [-0.05, 0) is 30.3 Å². The van der Waals surface area contributed by atoms with Gasteiger partial charge in [-0.3, -0.25) is 4.98 Å². The van der Waals surface area contributed by atoms with Gasteiger partial charge in [0.1, 0.15) is 0 Å². The molecule has 0 N–H and O–H groups in total. The highest BCUT2D eigenvalue weighted by Gasteiger charge is 2.10. The SMILES string of the molecule is COc1ccc(-c2csc(Cc3cc(Cl)ccn3)n2)cc1OC. The predicted molar refractivity (Wildman–Crippen MR) is 92.7 cm³/mol. The fraction of sp³-hybridized carbons (Fsp3) is 0.176. The highest BCUT2D eigenvalue weighted by atomic mass is 35.5. The van der Waals surface area contributed by atoms with Crippen molar-refractivity contribution in [1.82, 2.24) is 9.97 Å². The average Bonchev–Trinajstić information content (AvgIpc) is 3.02. The number of ether oxygens (including phenoxy) is 2. The van der Waals surface area contributed by atoms with E-state index in [1.54, 1.807) is 37.8 Å². The van der Waals surface area contributed by atoms with Crippen LogP contribution in [0, 0.1) is 0 Å². The van der Waals surface area contributed by atoms with Crippen LogP contribution in [0.25, 0.3) is 11.3 Å². The fourth-order valence-corrected chi connectivity index (χ4v) is 3.22. The van der Waals surface area contributed by atoms with Gasteiger partial charge in [0, 0.05) is 34.3 Å². The molecule has 6 heteroatoms. The van der Waals surface area contributed by atoms with Crippen LogP contribution >= 0.6 is 22.9 Å². The van der Waals surface area contributed by atoms with Gasteiger partial charge in [-0.15, -0.1) is 11.3 Å². The highest BCUT2D eigenvalue weighted by molar-refractivity contribution is 7.10. The summed E-state index contributed by atoms with van der Waals surface area (Å²) in [5, 5.41) is 3.71. The number of pyridine rings is 1. The van der Waals surface area contributed by atoms with Gasteiger partial charge in [0.25, 0.3) is 0 Å². The molecule has 0 radical (unpaired) electrons. The van der Waals surface area contributed by atoms with Gasteiger partial charge in [0.2, 0.25) is 0 Å². The molecular formula is C17H15ClN2O2S. The van der Waals surface area contributed by atoms with Crippen LogP contribution in [0.15, 0.2) is 41.9 Å². The Hall–Kier alpha value is -2.11. The Kier molecular flexibility index (Phi) is 4.79. The Labute approximate surface area is 143 Å². The lowest BCUT2D eigenvalue weighted by Crippen LogP contribution is -1.92. The minimum atomic E-state index is 0.665. The quantitative estimate of drug-likeness (QED) is 0.683. The topological polar surface area (TPSA) is 44.2 Å². The minimum Gasteiger partial charge on any atom is -0.493 e. The van der Waals surface area contributed by atoms with E-state index < -0.39 is 0 Å². The number of nitrogens with zero attached hydrogens (tertiary/aromatic N) is 2. The lowest BCUT2D eigenvalue weighted by molar-refractivity contribution is 0.355. The van der Waals surface area contributed by atoms with Crippen LogP contribution in [-0.4, -0.2) is 24.2 Å². The summed E-state index contributed by atoms with van der Waals surface area (Å²) < 4.78 is 10.6. The molecule has 0 amide bonds. The summed E-state index contributed by atoms with van der Waals surface area (Å²) >= 11 is 7.59. The van der Waals surface area contributed by atoms with E-state index in [0.717, 1.165) is 22.0 Å². The molecule has 0 fully saturated rings. The van der Waals surface area contributed by atoms with E-state index in [1.807, 2.05) is 29.6 Å². The van der Waals surface area contributed by atoms with E-state index >= 15 is 0 Å². The zero-order valence-corrected chi connectivity index (χ0v) is 14.3. The number of halogens is 1. The average molecular weight is 347 g/mol. The number of hydrogen-bond acceptors (Lipinski definition) is 5. The molecule has 0 spiro atoms. The summed E-state index contributed by atoms with van der Waals surface area (Å²) in [7, 11) is 3.25. The molecule has 0 aliphatic heterocycles. The predicted octanol–water partition coefficient (Wildman–Crippen LogP) is 4.47. The van der Waals surface area contributed by atoms with Crippen molar-refractivity contribution in [3.05, 3.63) is 57.6 Å². The standard InChI is InChI=1S/C17H15ClN2O2S/c1-21-15-4-3-11(7-16(15)22-2)14-10-23-17(20-14)9-13-8-12(18)5-6-19-13/h3-8,10H,9H2,1-2H3. The van der Waals surface area contributed by atoms with Crippen LogP contribution in [0.5, 0.6) is 11.5 Å². The van der Waals surface area contributed by atoms with Crippen molar-refractivity contribution < 1.29 is 9.47 Å². The maximum absolute atomic E-state index is 5.99. The first kappa shape index (κ1) is 15.8. The number of aromatic nitrogens is 2. The lowest BCUT2D eigenvalue weighted by Gasteiger charge is -2.08. The third-order valence-corrected chi connectivity index (χ3v) is 4.43. The van der Waals surface area contributed by atoms with Gasteiger partial charge in [-0.25, -0.2) is 4.98 Å². The van der Waals surface area contributed by atoms with Crippen LogP contribution in [0.2, 0.25) is 5.02 Å². The zero-order chi connectivity index (χ0) is 16.2. The molecule has 3 rings (SSSR count). The Bertz CT molecular complexity index is 820. The summed E-state index contributed by atoms with van der Waals surface area (Å²) in [5.41, 5.74) is 2.81. The van der Waals surface area contributed by atoms with Crippen LogP contribution in [0.4, 0.5) is 0 Å². The second kappa shape index (κ2) is 6.98. The number of benzene rings is 1. The second-order valence-corrected chi connectivity index (χ2v) is 6.22. The van der Waals surface area contributed by atoms with E-state index in [0.29, 0.717) is 22.9 Å². The second-order valence-electron chi connectivity index (χ2n) is 4.84. The maximum Gasteiger partial charge on any atom is 0.161 e. The molecule has 23 heavy (non-hydrogen) atoms. The fourth-order valence-electron chi connectivity index (χ4n) is 2.22. The maximum atomic E-state index is 5.99. The molecule has 0 atom stereocenters. The van der Waals surface area contributed by atoms with Crippen molar-refractivity contribution in [2.75, 3.05) is 14.2 Å². The van der Waals surface area contributed by atoms with Crippen LogP contribution < -0.4 is 9.47 Å². The summed E-state index contributed by atoms with van der Waals surface area (Å²) in [6, 6.07) is 9.40. The number of methoxy groups -OCH3 is 2. The van der Waals surface area contributed by atoms with Crippen molar-refractivity contribution in [1.29, 1.82) is 0 Å². The Morgan fingerprint density at radius 1 is 1.09 bits per heavy atom. The number of rotatable bonds is 5. The van der Waals surface area contributed by atoms with E-state index in [1.165, 1.54) is 0 Å². The van der Waals surface area contributed by atoms with Gasteiger partial charge in [0.05, 0.1) is 24.9 Å². The lowest BCUT2D eigenvalue weighted by atomic mass is 10.1. The minimum absolute atomic E-state index is 0.665. The third-order valence-electron chi connectivity index (χ3n) is 3.34. The van der Waals surface area contributed by atoms with Gasteiger partial charge in [-0.1, -0.05) is 11.6 Å². The largest absolute Gasteiger partial charge is 0.493 e. The molecule has 1 aromatic carbocycles. The third kappa shape index (κ3) is 3.63. The van der Waals surface area contributed by atoms with Gasteiger partial charge in [-0.2, -0.15) is 0 Å². The van der Waals surface area contributed by atoms with E-state index in [4.69, 9.17) is 21.1 Å². The highest BCUT2D eigenvalue weighted by Crippen LogP contribution is 2.32. The molecule has 2 heterocycles. The normalized spacial score (nSPS) is 10.6. The molecule has 0 bridgehead atoms. The zero-order valence-electron chi connectivity index (χ0n) is 12.7. The van der Waals surface area contributed by atoms with Crippen molar-refractivity contribution in [2.24, 2.45) is 0 Å². The molecule has 4 nitrogen and oxygen atoms in total. The van der Waals surface area contributed by atoms with Crippen LogP contribution in [0.1, 0.15) is 10.7 Å². The van der Waals surface area contributed by atoms with E-state index in [2.05, 4.69) is 9.97 Å². The number of hydrogen-bond donors (Lipinski definition) is 0. The Balaban J connectivity index is 1.84. The summed E-state index contributed by atoms with van der Waals surface area (Å²) in [6.07, 6.45) is 2.37. The Morgan fingerprint density at radius 2 is 1.91 bits per heavy atom. The molecule has 0 saturated carbocycles. The van der Waals surface area contributed by atoms with Crippen molar-refractivity contribution in [3.63, 3.8) is 0 Å². The summed E-state index contributed by atoms with van der Waals surface area (Å²) in [6.45, 7) is 0. The smallest absolute Gasteiger partial charge is 0.161 e. The van der Waals surface area contributed by atoms with Crippen molar-refractivity contribution in [3.8, 4) is 22.8 Å². The van der Waals surface area contributed by atoms with Crippen LogP contribution in [0.3, 0.4) is 0 Å². The van der Waals surface area contributed by atoms with Gasteiger partial charge < -0.3 is 9.47 Å². The molecule has 0 aliphatic rings. The summed E-state index contributed by atoms with van der Waals surface area (Å²) in [4.78, 5) is 8.99. The van der Waals surface area contributed by atoms with Crippen molar-refractivity contribution in [2.45, 2.75) is 6.42 Å². The summed E-state index contributed by atoms with van der Waals surface area (Å²) in [5.74, 6) is 1.39. The van der Waals surface area contributed by atoms with Crippen molar-refractivity contribution >= 4 is 22.9 Å². The van der Waals surface area contributed by atoms with E-state index in [9.17, 15) is 0 Å². The van der Waals surface area contributed by atoms with E-state index in [-0.39, 0.29) is 0 Å². The molecule has 0 saturated heterocycles. The molecule has 118 valence electrons. The molecule has 2 aromatic heterocycles. The van der Waals surface area contributed by atoms with Crippen LogP contribution in [-0.2, 0) is 6.42 Å². The number of thiazole rings is 1. The molecule has 0 aliphatic carbocycles. The first-order valence-electron chi connectivity index (χ1n) is 6.97. The first-order valence-corrected chi connectivity index (χ1v) is 8.22. The first-order chi connectivity index (χ1) is 11.2. The Morgan fingerprint density at radius 3 is 2.65 bits per heavy atom. The molecule has 3 aromatic rings. The molecule has 0 unspecified atom stereocenters. The monoisotopic (exact) mass is 346 g/mol.